The number of imidazole rings is 1. The number of hydrogen-bond donors (Lipinski definition) is 1. The van der Waals surface area contributed by atoms with Gasteiger partial charge in [-0.3, -0.25) is 0 Å². The number of nitrogens with zero attached hydrogens (tertiary/aromatic N) is 1. The quantitative estimate of drug-likeness (QED) is 0.831. The average Bonchev–Trinajstić information content (AvgIpc) is 2.57. The van der Waals surface area contributed by atoms with Crippen molar-refractivity contribution in [2.75, 3.05) is 5.75 Å². The van der Waals surface area contributed by atoms with E-state index in [0.717, 1.165) is 16.6 Å². The number of nitrogens with one attached hydrogen (secondary N) is 1. The Hall–Kier alpha value is -1.17. The number of halogens is 3. The van der Waals surface area contributed by atoms with Gasteiger partial charge < -0.3 is 4.98 Å². The summed E-state index contributed by atoms with van der Waals surface area (Å²) < 4.78 is 36.2. The van der Waals surface area contributed by atoms with Gasteiger partial charge in [0.25, 0.3) is 0 Å². The molecule has 0 radical (unpaired) electrons. The van der Waals surface area contributed by atoms with Gasteiger partial charge in [-0.15, -0.1) is 0 Å². The lowest BCUT2D eigenvalue weighted by molar-refractivity contribution is -0.105. The number of aryl methyl sites for hydroxylation is 2. The first-order valence-corrected chi connectivity index (χ1v) is 6.00. The molecule has 6 heteroatoms. The molecule has 0 unspecified atom stereocenters. The third-order valence-electron chi connectivity index (χ3n) is 2.45. The van der Waals surface area contributed by atoms with Crippen molar-refractivity contribution < 1.29 is 13.2 Å². The standard InChI is InChI=1S/C11H11F3N2S/c1-6-3-8-9(4-7(6)2)16-10(15-8)17-5-11(12,13)14/h3-4H,5H2,1-2H3,(H,15,16). The summed E-state index contributed by atoms with van der Waals surface area (Å²) in [5.74, 6) is -0.926. The molecule has 2 aromatic rings. The Morgan fingerprint density at radius 3 is 2.53 bits per heavy atom. The predicted octanol–water partition coefficient (Wildman–Crippen LogP) is 3.83. The highest BCUT2D eigenvalue weighted by molar-refractivity contribution is 7.99. The first kappa shape index (κ1) is 12.3. The molecule has 1 aromatic carbocycles. The van der Waals surface area contributed by atoms with Crippen LogP contribution in [0, 0.1) is 13.8 Å². The number of thioether (sulfide) groups is 1. The van der Waals surface area contributed by atoms with Crippen LogP contribution in [0.15, 0.2) is 17.3 Å². The molecule has 0 saturated heterocycles. The summed E-state index contributed by atoms with van der Waals surface area (Å²) in [6.45, 7) is 3.91. The second-order valence-electron chi connectivity index (χ2n) is 3.90. The number of H-pyrrole nitrogens is 1. The van der Waals surface area contributed by atoms with E-state index in [9.17, 15) is 13.2 Å². The van der Waals surface area contributed by atoms with Crippen molar-refractivity contribution in [1.82, 2.24) is 9.97 Å². The second kappa shape index (κ2) is 4.25. The van der Waals surface area contributed by atoms with E-state index in [1.807, 2.05) is 26.0 Å². The van der Waals surface area contributed by atoms with Gasteiger partial charge in [0.15, 0.2) is 5.16 Å². The fourth-order valence-electron chi connectivity index (χ4n) is 1.46. The molecule has 92 valence electrons. The molecule has 0 aliphatic heterocycles. The second-order valence-corrected chi connectivity index (χ2v) is 4.86. The topological polar surface area (TPSA) is 28.7 Å². The molecule has 0 spiro atoms. The van der Waals surface area contributed by atoms with E-state index in [1.54, 1.807) is 0 Å². The van der Waals surface area contributed by atoms with Crippen molar-refractivity contribution in [1.29, 1.82) is 0 Å². The molecule has 0 atom stereocenters. The number of rotatable bonds is 2. The van der Waals surface area contributed by atoms with E-state index in [0.29, 0.717) is 22.4 Å². The molecule has 0 amide bonds. The van der Waals surface area contributed by atoms with Crippen LogP contribution in [0.5, 0.6) is 0 Å². The summed E-state index contributed by atoms with van der Waals surface area (Å²) in [6, 6.07) is 3.77. The maximum Gasteiger partial charge on any atom is 0.398 e. The Labute approximate surface area is 101 Å². The van der Waals surface area contributed by atoms with Crippen molar-refractivity contribution >= 4 is 22.8 Å². The number of aromatic amines is 1. The summed E-state index contributed by atoms with van der Waals surface area (Å²) in [7, 11) is 0. The fourth-order valence-corrected chi connectivity index (χ4v) is 2.11. The third kappa shape index (κ3) is 2.94. The molecule has 1 N–H and O–H groups in total. The normalized spacial score (nSPS) is 12.3. The van der Waals surface area contributed by atoms with Crippen LogP contribution in [0.4, 0.5) is 13.2 Å². The molecule has 0 bridgehead atoms. The summed E-state index contributed by atoms with van der Waals surface area (Å²) in [5.41, 5.74) is 3.65. The van der Waals surface area contributed by atoms with E-state index in [4.69, 9.17) is 0 Å². The molecule has 1 heterocycles. The maximum atomic E-state index is 12.1. The molecule has 0 fully saturated rings. The highest BCUT2D eigenvalue weighted by Crippen LogP contribution is 2.27. The van der Waals surface area contributed by atoms with Gasteiger partial charge in [0.2, 0.25) is 0 Å². The van der Waals surface area contributed by atoms with Gasteiger partial charge in [0.05, 0.1) is 16.8 Å². The summed E-state index contributed by atoms with van der Waals surface area (Å²) >= 11 is 0.673. The van der Waals surface area contributed by atoms with Gasteiger partial charge in [-0.25, -0.2) is 4.98 Å². The lowest BCUT2D eigenvalue weighted by atomic mass is 10.1. The Morgan fingerprint density at radius 2 is 1.88 bits per heavy atom. The van der Waals surface area contributed by atoms with E-state index in [1.165, 1.54) is 0 Å². The average molecular weight is 260 g/mol. The van der Waals surface area contributed by atoms with Gasteiger partial charge in [0.1, 0.15) is 0 Å². The van der Waals surface area contributed by atoms with Crippen molar-refractivity contribution in [2.24, 2.45) is 0 Å². The number of hydrogen-bond acceptors (Lipinski definition) is 2. The molecule has 0 aliphatic carbocycles. The molecular formula is C11H11F3N2S. The third-order valence-corrected chi connectivity index (χ3v) is 3.39. The zero-order valence-electron chi connectivity index (χ0n) is 9.35. The zero-order chi connectivity index (χ0) is 12.6. The minimum Gasteiger partial charge on any atom is -0.333 e. The van der Waals surface area contributed by atoms with Gasteiger partial charge >= 0.3 is 6.18 Å². The number of benzene rings is 1. The van der Waals surface area contributed by atoms with E-state index in [2.05, 4.69) is 9.97 Å². The van der Waals surface area contributed by atoms with Crippen LogP contribution in [0.2, 0.25) is 0 Å². The van der Waals surface area contributed by atoms with Crippen LogP contribution >= 0.6 is 11.8 Å². The minimum absolute atomic E-state index is 0.308. The van der Waals surface area contributed by atoms with Crippen LogP contribution in [0.1, 0.15) is 11.1 Å². The molecule has 1 aromatic heterocycles. The van der Waals surface area contributed by atoms with Gasteiger partial charge in [-0.2, -0.15) is 13.2 Å². The summed E-state index contributed by atoms with van der Waals surface area (Å²) in [4.78, 5) is 7.01. The monoisotopic (exact) mass is 260 g/mol. The largest absolute Gasteiger partial charge is 0.398 e. The highest BCUT2D eigenvalue weighted by Gasteiger charge is 2.27. The molecule has 2 rings (SSSR count). The maximum absolute atomic E-state index is 12.1. The highest BCUT2D eigenvalue weighted by atomic mass is 32.2. The Balaban J connectivity index is 2.26. The molecular weight excluding hydrogens is 249 g/mol. The summed E-state index contributed by atoms with van der Waals surface area (Å²) in [5, 5.41) is 0.308. The van der Waals surface area contributed by atoms with Crippen LogP contribution < -0.4 is 0 Å². The fraction of sp³-hybridized carbons (Fsp3) is 0.364. The summed E-state index contributed by atoms with van der Waals surface area (Å²) in [6.07, 6.45) is -4.17. The Morgan fingerprint density at radius 1 is 1.24 bits per heavy atom. The lowest BCUT2D eigenvalue weighted by Gasteiger charge is -2.02. The lowest BCUT2D eigenvalue weighted by Crippen LogP contribution is -2.10. The molecule has 0 saturated carbocycles. The first-order valence-electron chi connectivity index (χ1n) is 5.02. The van der Waals surface area contributed by atoms with Crippen molar-refractivity contribution in [3.8, 4) is 0 Å². The van der Waals surface area contributed by atoms with Crippen molar-refractivity contribution in [3.05, 3.63) is 23.3 Å². The SMILES string of the molecule is Cc1cc2nc(SCC(F)(F)F)[nH]c2cc1C. The smallest absolute Gasteiger partial charge is 0.333 e. The zero-order valence-corrected chi connectivity index (χ0v) is 10.2. The first-order chi connectivity index (χ1) is 7.85. The number of aromatic nitrogens is 2. The number of alkyl halides is 3. The van der Waals surface area contributed by atoms with Crippen LogP contribution in [0.25, 0.3) is 11.0 Å². The van der Waals surface area contributed by atoms with E-state index in [-0.39, 0.29) is 0 Å². The minimum atomic E-state index is -4.17. The van der Waals surface area contributed by atoms with Crippen molar-refractivity contribution in [2.45, 2.75) is 25.2 Å². The van der Waals surface area contributed by atoms with Gasteiger partial charge in [0, 0.05) is 0 Å². The van der Waals surface area contributed by atoms with Crippen molar-refractivity contribution in [3.63, 3.8) is 0 Å². The van der Waals surface area contributed by atoms with Gasteiger partial charge in [-0.05, 0) is 37.1 Å². The van der Waals surface area contributed by atoms with Crippen LogP contribution in [0.3, 0.4) is 0 Å². The predicted molar refractivity (Wildman–Crippen MR) is 62.3 cm³/mol. The Kier molecular flexibility index (Phi) is 3.07. The Bertz CT molecular complexity index is 506. The van der Waals surface area contributed by atoms with Gasteiger partial charge in [-0.1, -0.05) is 11.8 Å². The molecule has 2 nitrogen and oxygen atoms in total. The van der Waals surface area contributed by atoms with Crippen LogP contribution in [-0.2, 0) is 0 Å². The van der Waals surface area contributed by atoms with Crippen LogP contribution in [-0.4, -0.2) is 21.9 Å². The molecule has 0 aliphatic rings. The molecule has 17 heavy (non-hydrogen) atoms. The number of fused-ring (bicyclic) bond motifs is 1. The van der Waals surface area contributed by atoms with E-state index >= 15 is 0 Å². The van der Waals surface area contributed by atoms with E-state index < -0.39 is 11.9 Å².